The number of aromatic nitrogens is 2. The summed E-state index contributed by atoms with van der Waals surface area (Å²) in [6, 6.07) is 17.4. The highest BCUT2D eigenvalue weighted by atomic mass is 16.1. The van der Waals surface area contributed by atoms with Gasteiger partial charge in [0.15, 0.2) is 5.78 Å². The molecule has 5 heteroatoms. The molecule has 0 radical (unpaired) electrons. The molecule has 0 spiro atoms. The average molecular weight is 326 g/mol. The van der Waals surface area contributed by atoms with Crippen molar-refractivity contribution < 1.29 is 4.79 Å². The Morgan fingerprint density at radius 1 is 1.04 bits per heavy atom. The van der Waals surface area contributed by atoms with E-state index in [0.29, 0.717) is 30.5 Å². The van der Waals surface area contributed by atoms with Gasteiger partial charge >= 0.3 is 0 Å². The minimum absolute atomic E-state index is 0.00886. The third-order valence-electron chi connectivity index (χ3n) is 4.63. The number of hydrogen-bond donors (Lipinski definition) is 0. The van der Waals surface area contributed by atoms with Crippen LogP contribution in [0.1, 0.15) is 28.8 Å². The topological polar surface area (TPSA) is 82.5 Å². The fourth-order valence-corrected chi connectivity index (χ4v) is 3.42. The molecule has 0 saturated carbocycles. The van der Waals surface area contributed by atoms with Crippen LogP contribution in [0.5, 0.6) is 0 Å². The zero-order chi connectivity index (χ0) is 17.4. The van der Waals surface area contributed by atoms with E-state index in [1.807, 2.05) is 42.5 Å². The van der Waals surface area contributed by atoms with Gasteiger partial charge in [-0.25, -0.2) is 0 Å². The van der Waals surface area contributed by atoms with Gasteiger partial charge in [-0.1, -0.05) is 36.4 Å². The molecular weight excluding hydrogens is 312 g/mol. The van der Waals surface area contributed by atoms with Crippen LogP contribution in [0.4, 0.5) is 0 Å². The highest BCUT2D eigenvalue weighted by Gasteiger charge is 2.28. The summed E-state index contributed by atoms with van der Waals surface area (Å²) in [5.74, 6) is -0.277. The van der Waals surface area contributed by atoms with Crippen molar-refractivity contribution in [1.29, 1.82) is 10.5 Å². The van der Waals surface area contributed by atoms with Crippen LogP contribution in [0.15, 0.2) is 42.5 Å². The Morgan fingerprint density at radius 2 is 1.80 bits per heavy atom. The van der Waals surface area contributed by atoms with Crippen molar-refractivity contribution in [3.8, 4) is 23.4 Å². The Bertz CT molecular complexity index is 1080. The van der Waals surface area contributed by atoms with Gasteiger partial charge in [0.05, 0.1) is 30.1 Å². The Balaban J connectivity index is 1.88. The second-order valence-corrected chi connectivity index (χ2v) is 6.13. The van der Waals surface area contributed by atoms with E-state index < -0.39 is 0 Å². The maximum atomic E-state index is 12.8. The largest absolute Gasteiger partial charge is 0.289 e. The van der Waals surface area contributed by atoms with E-state index >= 15 is 0 Å². The van der Waals surface area contributed by atoms with E-state index in [0.717, 1.165) is 22.2 Å². The smallest absolute Gasteiger partial charge is 0.194 e. The van der Waals surface area contributed by atoms with Gasteiger partial charge in [0.2, 0.25) is 0 Å². The Hall–Kier alpha value is -3.44. The molecule has 2 aromatic carbocycles. The quantitative estimate of drug-likeness (QED) is 0.572. The predicted octanol–water partition coefficient (Wildman–Crippen LogP) is 3.69. The maximum Gasteiger partial charge on any atom is 0.194 e. The van der Waals surface area contributed by atoms with Gasteiger partial charge in [0.25, 0.3) is 0 Å². The first-order chi connectivity index (χ1) is 12.2. The standard InChI is InChI=1S/C20H14N4O/c21-10-4-5-13(11-22)12-24-17-9-3-8-16-18(17)19(23-24)14-6-1-2-7-15(14)20(16)25/h1-3,6-9,13H,4-5,12H2/t13-/m1/s1. The summed E-state index contributed by atoms with van der Waals surface area (Å²) in [5, 5.41) is 23.7. The molecule has 0 fully saturated rings. The lowest BCUT2D eigenvalue weighted by Gasteiger charge is -2.13. The van der Waals surface area contributed by atoms with Gasteiger partial charge < -0.3 is 0 Å². The summed E-state index contributed by atoms with van der Waals surface area (Å²) < 4.78 is 1.80. The number of nitrogens with zero attached hydrogens (tertiary/aromatic N) is 4. The maximum absolute atomic E-state index is 12.8. The first kappa shape index (κ1) is 15.1. The Labute approximate surface area is 144 Å². The van der Waals surface area contributed by atoms with E-state index in [4.69, 9.17) is 10.4 Å². The number of carbonyl (C=O) groups is 1. The zero-order valence-corrected chi connectivity index (χ0v) is 13.4. The number of fused-ring (bicyclic) bond motifs is 2. The van der Waals surface area contributed by atoms with Crippen LogP contribution < -0.4 is 0 Å². The molecule has 4 rings (SSSR count). The van der Waals surface area contributed by atoms with E-state index in [-0.39, 0.29) is 11.7 Å². The van der Waals surface area contributed by atoms with Gasteiger partial charge in [-0.05, 0) is 12.5 Å². The van der Waals surface area contributed by atoms with Crippen LogP contribution in [-0.4, -0.2) is 15.6 Å². The summed E-state index contributed by atoms with van der Waals surface area (Å²) in [5.41, 5.74) is 3.79. The molecule has 0 unspecified atom stereocenters. The molecule has 3 aromatic rings. The van der Waals surface area contributed by atoms with Crippen molar-refractivity contribution in [2.75, 3.05) is 0 Å². The highest BCUT2D eigenvalue weighted by molar-refractivity contribution is 6.25. The van der Waals surface area contributed by atoms with Gasteiger partial charge in [-0.2, -0.15) is 15.6 Å². The van der Waals surface area contributed by atoms with Gasteiger partial charge in [0.1, 0.15) is 5.69 Å². The number of benzene rings is 2. The van der Waals surface area contributed by atoms with Gasteiger partial charge in [0, 0.05) is 28.5 Å². The summed E-state index contributed by atoms with van der Waals surface area (Å²) in [4.78, 5) is 12.8. The second-order valence-electron chi connectivity index (χ2n) is 6.13. The zero-order valence-electron chi connectivity index (χ0n) is 13.4. The normalized spacial score (nSPS) is 13.1. The number of carbonyl (C=O) groups excluding carboxylic acids is 1. The first-order valence-corrected chi connectivity index (χ1v) is 8.14. The molecule has 120 valence electrons. The molecule has 0 N–H and O–H groups in total. The Morgan fingerprint density at radius 3 is 2.56 bits per heavy atom. The molecule has 5 nitrogen and oxygen atoms in total. The van der Waals surface area contributed by atoms with Crippen LogP contribution in [-0.2, 0) is 6.54 Å². The van der Waals surface area contributed by atoms with Crippen molar-refractivity contribution in [1.82, 2.24) is 9.78 Å². The first-order valence-electron chi connectivity index (χ1n) is 8.14. The third kappa shape index (κ3) is 2.29. The monoisotopic (exact) mass is 326 g/mol. The van der Waals surface area contributed by atoms with Gasteiger partial charge in [-0.3, -0.25) is 9.48 Å². The SMILES string of the molecule is N#CCC[C@H](C#N)Cn1nc2c3c(cccc31)C(=O)c1ccccc1-2. The van der Waals surface area contributed by atoms with Crippen LogP contribution >= 0.6 is 0 Å². The lowest BCUT2D eigenvalue weighted by atomic mass is 9.87. The summed E-state index contributed by atoms with van der Waals surface area (Å²) in [6.07, 6.45) is 0.857. The van der Waals surface area contributed by atoms with Gasteiger partial charge in [-0.15, -0.1) is 0 Å². The lowest BCUT2D eigenvalue weighted by Crippen LogP contribution is -2.10. The Kier molecular flexibility index (Phi) is 3.56. The molecule has 1 aliphatic rings. The molecule has 1 heterocycles. The molecule has 25 heavy (non-hydrogen) atoms. The average Bonchev–Trinajstić information content (AvgIpc) is 3.02. The van der Waals surface area contributed by atoms with Crippen molar-refractivity contribution in [3.63, 3.8) is 0 Å². The minimum atomic E-state index is -0.286. The van der Waals surface area contributed by atoms with Crippen molar-refractivity contribution in [2.45, 2.75) is 19.4 Å². The number of nitriles is 2. The van der Waals surface area contributed by atoms with Crippen molar-refractivity contribution >= 4 is 16.7 Å². The van der Waals surface area contributed by atoms with Crippen molar-refractivity contribution in [3.05, 3.63) is 53.6 Å². The summed E-state index contributed by atoms with van der Waals surface area (Å²) >= 11 is 0. The van der Waals surface area contributed by atoms with Crippen LogP contribution in [0.25, 0.3) is 22.2 Å². The summed E-state index contributed by atoms with van der Waals surface area (Å²) in [7, 11) is 0. The number of hydrogen-bond acceptors (Lipinski definition) is 4. The predicted molar refractivity (Wildman–Crippen MR) is 92.6 cm³/mol. The molecule has 0 saturated heterocycles. The van der Waals surface area contributed by atoms with E-state index in [1.54, 1.807) is 4.68 Å². The molecule has 1 atom stereocenters. The molecule has 0 aliphatic heterocycles. The van der Waals surface area contributed by atoms with E-state index in [1.165, 1.54) is 0 Å². The fourth-order valence-electron chi connectivity index (χ4n) is 3.42. The highest BCUT2D eigenvalue weighted by Crippen LogP contribution is 2.38. The second kappa shape index (κ2) is 5.89. The summed E-state index contributed by atoms with van der Waals surface area (Å²) in [6.45, 7) is 0.411. The lowest BCUT2D eigenvalue weighted by molar-refractivity contribution is 0.104. The fraction of sp³-hybridized carbons (Fsp3) is 0.200. The van der Waals surface area contributed by atoms with E-state index in [9.17, 15) is 10.1 Å². The number of ketones is 1. The van der Waals surface area contributed by atoms with Crippen molar-refractivity contribution in [2.24, 2.45) is 5.92 Å². The molecule has 1 aromatic heterocycles. The molecule has 0 amide bonds. The molecular formula is C20H14N4O. The van der Waals surface area contributed by atoms with Crippen LogP contribution in [0, 0.1) is 28.6 Å². The minimum Gasteiger partial charge on any atom is -0.289 e. The van der Waals surface area contributed by atoms with E-state index in [2.05, 4.69) is 12.1 Å². The third-order valence-corrected chi connectivity index (χ3v) is 4.63. The molecule has 1 aliphatic carbocycles. The van der Waals surface area contributed by atoms with Crippen LogP contribution in [0.3, 0.4) is 0 Å². The molecule has 0 bridgehead atoms. The van der Waals surface area contributed by atoms with Crippen LogP contribution in [0.2, 0.25) is 0 Å². The number of rotatable bonds is 4.